The number of thioether (sulfide) groups is 1. The van der Waals surface area contributed by atoms with Gasteiger partial charge < -0.3 is 9.80 Å². The fourth-order valence-corrected chi connectivity index (χ4v) is 4.70. The quantitative estimate of drug-likeness (QED) is 0.557. The van der Waals surface area contributed by atoms with Gasteiger partial charge in [-0.3, -0.25) is 4.79 Å². The maximum atomic E-state index is 14.1. The molecule has 3 aromatic rings. The molecule has 0 bridgehead atoms. The Bertz CT molecular complexity index is 943. The van der Waals surface area contributed by atoms with Gasteiger partial charge in [-0.05, 0) is 29.8 Å². The predicted octanol–water partition coefficient (Wildman–Crippen LogP) is 5.01. The van der Waals surface area contributed by atoms with E-state index >= 15 is 0 Å². The minimum atomic E-state index is -0.293. The van der Waals surface area contributed by atoms with Gasteiger partial charge >= 0.3 is 0 Å². The first-order chi connectivity index (χ1) is 14.2. The van der Waals surface area contributed by atoms with Gasteiger partial charge in [-0.2, -0.15) is 0 Å². The number of para-hydroxylation sites is 1. The maximum Gasteiger partial charge on any atom is 0.240 e. The van der Waals surface area contributed by atoms with Crippen molar-refractivity contribution < 1.29 is 9.18 Å². The second-order valence-electron chi connectivity index (χ2n) is 6.99. The number of halogens is 1. The largest absolute Gasteiger partial charge is 0.366 e. The molecule has 0 unspecified atom stereocenters. The van der Waals surface area contributed by atoms with E-state index in [1.54, 1.807) is 23.9 Å². The van der Waals surface area contributed by atoms with Crippen molar-refractivity contribution in [2.24, 2.45) is 0 Å². The monoisotopic (exact) mass is 406 g/mol. The molecule has 1 atom stereocenters. The number of nitrogens with zero attached hydrogens (tertiary/aromatic N) is 2. The van der Waals surface area contributed by atoms with Crippen LogP contribution in [0.25, 0.3) is 0 Å². The van der Waals surface area contributed by atoms with Crippen LogP contribution in [0.1, 0.15) is 10.8 Å². The highest BCUT2D eigenvalue weighted by molar-refractivity contribution is 8.00. The molecule has 148 valence electrons. The lowest BCUT2D eigenvalue weighted by Crippen LogP contribution is -2.50. The van der Waals surface area contributed by atoms with Crippen LogP contribution < -0.4 is 4.90 Å². The molecule has 0 saturated carbocycles. The second kappa shape index (κ2) is 9.14. The molecule has 1 aliphatic heterocycles. The van der Waals surface area contributed by atoms with Crippen LogP contribution >= 0.6 is 11.8 Å². The van der Waals surface area contributed by atoms with Gasteiger partial charge in [0.05, 0.1) is 5.69 Å². The number of piperazine rings is 1. The van der Waals surface area contributed by atoms with Crippen molar-refractivity contribution in [2.45, 2.75) is 10.1 Å². The second-order valence-corrected chi connectivity index (χ2v) is 8.16. The molecular formula is C24H23FN2OS. The van der Waals surface area contributed by atoms with E-state index in [1.807, 2.05) is 76.5 Å². The average Bonchev–Trinajstić information content (AvgIpc) is 2.79. The van der Waals surface area contributed by atoms with E-state index < -0.39 is 0 Å². The number of hydrogen-bond acceptors (Lipinski definition) is 3. The van der Waals surface area contributed by atoms with E-state index in [0.29, 0.717) is 31.9 Å². The number of hydrogen-bond donors (Lipinski definition) is 0. The van der Waals surface area contributed by atoms with Crippen LogP contribution in [0.5, 0.6) is 0 Å². The number of amides is 1. The molecule has 5 heteroatoms. The average molecular weight is 407 g/mol. The Morgan fingerprint density at radius 2 is 1.38 bits per heavy atom. The summed E-state index contributed by atoms with van der Waals surface area (Å²) in [7, 11) is 0. The molecule has 1 heterocycles. The summed E-state index contributed by atoms with van der Waals surface area (Å²) in [5.74, 6) is -0.104. The van der Waals surface area contributed by atoms with Crippen LogP contribution in [-0.2, 0) is 4.79 Å². The lowest BCUT2D eigenvalue weighted by Gasteiger charge is -2.37. The first kappa shape index (κ1) is 19.5. The zero-order valence-electron chi connectivity index (χ0n) is 16.1. The van der Waals surface area contributed by atoms with Crippen molar-refractivity contribution in [1.82, 2.24) is 4.90 Å². The third-order valence-electron chi connectivity index (χ3n) is 5.11. The third kappa shape index (κ3) is 4.62. The van der Waals surface area contributed by atoms with Crippen LogP contribution in [0, 0.1) is 5.82 Å². The maximum absolute atomic E-state index is 14.1. The highest BCUT2D eigenvalue weighted by atomic mass is 32.2. The predicted molar refractivity (Wildman–Crippen MR) is 117 cm³/mol. The summed E-state index contributed by atoms with van der Waals surface area (Å²) in [6, 6.07) is 26.8. The first-order valence-electron chi connectivity index (χ1n) is 9.77. The SMILES string of the molecule is O=C([C@@H](Sc1ccccc1)c1ccccc1)N1CCN(c2ccccc2F)CC1. The van der Waals surface area contributed by atoms with Gasteiger partial charge in [0.15, 0.2) is 0 Å². The zero-order chi connectivity index (χ0) is 20.1. The molecule has 0 radical (unpaired) electrons. The van der Waals surface area contributed by atoms with Crippen LogP contribution in [0.2, 0.25) is 0 Å². The summed E-state index contributed by atoms with van der Waals surface area (Å²) in [6.45, 7) is 2.44. The summed E-state index contributed by atoms with van der Waals surface area (Å²) in [4.78, 5) is 18.4. The topological polar surface area (TPSA) is 23.6 Å². The fraction of sp³-hybridized carbons (Fsp3) is 0.208. The van der Waals surface area contributed by atoms with Gasteiger partial charge in [0.1, 0.15) is 11.1 Å². The van der Waals surface area contributed by atoms with Gasteiger partial charge in [0.2, 0.25) is 5.91 Å². The Morgan fingerprint density at radius 3 is 2.03 bits per heavy atom. The molecule has 0 N–H and O–H groups in total. The number of carbonyl (C=O) groups excluding carboxylic acids is 1. The van der Waals surface area contributed by atoms with Crippen molar-refractivity contribution in [1.29, 1.82) is 0 Å². The van der Waals surface area contributed by atoms with Crippen molar-refractivity contribution >= 4 is 23.4 Å². The Hall–Kier alpha value is -2.79. The van der Waals surface area contributed by atoms with Gasteiger partial charge in [-0.25, -0.2) is 4.39 Å². The standard InChI is InChI=1S/C24H23FN2OS/c25-21-13-7-8-14-22(21)26-15-17-27(18-16-26)24(28)23(19-9-3-1-4-10-19)29-20-11-5-2-6-12-20/h1-14,23H,15-18H2/t23-/m0/s1. The Kier molecular flexibility index (Phi) is 6.15. The van der Waals surface area contributed by atoms with Crippen molar-refractivity contribution in [3.05, 3.63) is 96.3 Å². The molecule has 3 aromatic carbocycles. The molecule has 29 heavy (non-hydrogen) atoms. The number of rotatable bonds is 5. The van der Waals surface area contributed by atoms with Crippen molar-refractivity contribution in [2.75, 3.05) is 31.1 Å². The summed E-state index contributed by atoms with van der Waals surface area (Å²) in [5, 5.41) is -0.293. The van der Waals surface area contributed by atoms with E-state index in [9.17, 15) is 9.18 Å². The van der Waals surface area contributed by atoms with Crippen LogP contribution in [0.3, 0.4) is 0 Å². The highest BCUT2D eigenvalue weighted by Gasteiger charge is 2.30. The van der Waals surface area contributed by atoms with E-state index in [0.717, 1.165) is 10.5 Å². The van der Waals surface area contributed by atoms with E-state index in [4.69, 9.17) is 0 Å². The van der Waals surface area contributed by atoms with Gasteiger partial charge in [0, 0.05) is 31.1 Å². The zero-order valence-corrected chi connectivity index (χ0v) is 16.9. The molecule has 1 amide bonds. The normalized spacial score (nSPS) is 15.2. The lowest BCUT2D eigenvalue weighted by atomic mass is 10.1. The van der Waals surface area contributed by atoms with Crippen LogP contribution in [0.4, 0.5) is 10.1 Å². The Labute approximate surface area is 175 Å². The van der Waals surface area contributed by atoms with Crippen LogP contribution in [0.15, 0.2) is 89.8 Å². The first-order valence-corrected chi connectivity index (χ1v) is 10.7. The summed E-state index contributed by atoms with van der Waals surface area (Å²) in [6.07, 6.45) is 0. The summed E-state index contributed by atoms with van der Waals surface area (Å²) in [5.41, 5.74) is 1.61. The van der Waals surface area contributed by atoms with Crippen molar-refractivity contribution in [3.8, 4) is 0 Å². The molecular weight excluding hydrogens is 383 g/mol. The van der Waals surface area contributed by atoms with Crippen LogP contribution in [-0.4, -0.2) is 37.0 Å². The molecule has 1 saturated heterocycles. The molecule has 3 nitrogen and oxygen atoms in total. The minimum absolute atomic E-state index is 0.109. The molecule has 1 fully saturated rings. The minimum Gasteiger partial charge on any atom is -0.366 e. The molecule has 1 aliphatic rings. The fourth-order valence-electron chi connectivity index (χ4n) is 3.57. The third-order valence-corrected chi connectivity index (χ3v) is 6.36. The number of benzene rings is 3. The number of anilines is 1. The van der Waals surface area contributed by atoms with E-state index in [1.165, 1.54) is 6.07 Å². The Morgan fingerprint density at radius 1 is 0.793 bits per heavy atom. The van der Waals surface area contributed by atoms with Gasteiger partial charge in [-0.15, -0.1) is 11.8 Å². The highest BCUT2D eigenvalue weighted by Crippen LogP contribution is 2.37. The summed E-state index contributed by atoms with van der Waals surface area (Å²) >= 11 is 1.58. The van der Waals surface area contributed by atoms with Crippen molar-refractivity contribution in [3.63, 3.8) is 0 Å². The molecule has 0 aliphatic carbocycles. The van der Waals surface area contributed by atoms with E-state index in [-0.39, 0.29) is 17.0 Å². The van der Waals surface area contributed by atoms with Gasteiger partial charge in [-0.1, -0.05) is 60.7 Å². The van der Waals surface area contributed by atoms with Gasteiger partial charge in [0.25, 0.3) is 0 Å². The molecule has 0 aromatic heterocycles. The lowest BCUT2D eigenvalue weighted by molar-refractivity contribution is -0.131. The smallest absolute Gasteiger partial charge is 0.240 e. The molecule has 4 rings (SSSR count). The molecule has 0 spiro atoms. The summed E-state index contributed by atoms with van der Waals surface area (Å²) < 4.78 is 14.1. The number of carbonyl (C=O) groups is 1. The Balaban J connectivity index is 1.49. The van der Waals surface area contributed by atoms with E-state index in [2.05, 4.69) is 0 Å².